The van der Waals surface area contributed by atoms with Gasteiger partial charge in [-0.2, -0.15) is 18.4 Å². The van der Waals surface area contributed by atoms with Crippen molar-refractivity contribution < 1.29 is 13.2 Å². The topological polar surface area (TPSA) is 35.8 Å². The van der Waals surface area contributed by atoms with E-state index >= 15 is 0 Å². The summed E-state index contributed by atoms with van der Waals surface area (Å²) in [6.07, 6.45) is -5.03. The van der Waals surface area contributed by atoms with Crippen LogP contribution in [-0.2, 0) is 0 Å². The smallest absolute Gasteiger partial charge is 0.384 e. The molecule has 0 bridgehead atoms. The third kappa shape index (κ3) is 4.53. The van der Waals surface area contributed by atoms with Gasteiger partial charge in [-0.15, -0.1) is 0 Å². The molecule has 1 aromatic carbocycles. The summed E-state index contributed by atoms with van der Waals surface area (Å²) in [5.41, 5.74) is 0.711. The Hall–Kier alpha value is -1.41. The van der Waals surface area contributed by atoms with Gasteiger partial charge in [0.2, 0.25) is 0 Å². The molecule has 0 aliphatic heterocycles. The van der Waals surface area contributed by atoms with Crippen LogP contribution in [0.1, 0.15) is 18.4 Å². The second-order valence-electron chi connectivity index (χ2n) is 3.42. The minimum absolute atomic E-state index is 0.0408. The third-order valence-electron chi connectivity index (χ3n) is 2.08. The van der Waals surface area contributed by atoms with Crippen molar-refractivity contribution in [3.63, 3.8) is 0 Å². The first-order chi connectivity index (χ1) is 7.94. The van der Waals surface area contributed by atoms with Crippen LogP contribution in [0.15, 0.2) is 18.2 Å². The van der Waals surface area contributed by atoms with E-state index in [2.05, 4.69) is 5.32 Å². The molecule has 1 N–H and O–H groups in total. The van der Waals surface area contributed by atoms with Gasteiger partial charge in [0.25, 0.3) is 0 Å². The van der Waals surface area contributed by atoms with Gasteiger partial charge >= 0.3 is 6.18 Å². The SMILES string of the molecule is N#Cc1c(Cl)cccc1NCCCC(F)(F)F. The van der Waals surface area contributed by atoms with Crippen molar-refractivity contribution in [3.05, 3.63) is 28.8 Å². The average molecular weight is 263 g/mol. The largest absolute Gasteiger partial charge is 0.389 e. The van der Waals surface area contributed by atoms with E-state index in [0.717, 1.165) is 0 Å². The van der Waals surface area contributed by atoms with Crippen molar-refractivity contribution in [2.24, 2.45) is 0 Å². The molecule has 0 aromatic heterocycles. The van der Waals surface area contributed by atoms with Gasteiger partial charge in [0.05, 0.1) is 16.3 Å². The zero-order valence-corrected chi connectivity index (χ0v) is 9.57. The Morgan fingerprint density at radius 1 is 1.35 bits per heavy atom. The van der Waals surface area contributed by atoms with Gasteiger partial charge in [-0.25, -0.2) is 0 Å². The van der Waals surface area contributed by atoms with Gasteiger partial charge in [-0.05, 0) is 18.6 Å². The van der Waals surface area contributed by atoms with E-state index in [1.807, 2.05) is 6.07 Å². The van der Waals surface area contributed by atoms with Gasteiger partial charge in [-0.3, -0.25) is 0 Å². The Morgan fingerprint density at radius 2 is 2.06 bits per heavy atom. The highest BCUT2D eigenvalue weighted by Gasteiger charge is 2.25. The number of halogens is 4. The highest BCUT2D eigenvalue weighted by atomic mass is 35.5. The molecule has 0 fully saturated rings. The molecule has 17 heavy (non-hydrogen) atoms. The quantitative estimate of drug-likeness (QED) is 0.834. The van der Waals surface area contributed by atoms with Crippen LogP contribution >= 0.6 is 11.6 Å². The number of nitrogens with zero attached hydrogens (tertiary/aromatic N) is 1. The number of alkyl halides is 3. The number of hydrogen-bond donors (Lipinski definition) is 1. The van der Waals surface area contributed by atoms with E-state index < -0.39 is 12.6 Å². The van der Waals surface area contributed by atoms with Crippen molar-refractivity contribution in [1.82, 2.24) is 0 Å². The maximum Gasteiger partial charge on any atom is 0.389 e. The Labute approximate surface area is 102 Å². The zero-order chi connectivity index (χ0) is 12.9. The van der Waals surface area contributed by atoms with E-state index in [-0.39, 0.29) is 23.6 Å². The van der Waals surface area contributed by atoms with E-state index in [1.54, 1.807) is 18.2 Å². The van der Waals surface area contributed by atoms with Gasteiger partial charge in [0.1, 0.15) is 6.07 Å². The summed E-state index contributed by atoms with van der Waals surface area (Å²) in [4.78, 5) is 0. The Morgan fingerprint density at radius 3 is 2.65 bits per heavy atom. The predicted octanol–water partition coefficient (Wildman–Crippen LogP) is 3.97. The molecule has 0 aliphatic carbocycles. The Balaban J connectivity index is 2.53. The molecule has 6 heteroatoms. The summed E-state index contributed by atoms with van der Waals surface area (Å²) in [5.74, 6) is 0. The van der Waals surface area contributed by atoms with E-state index in [1.165, 1.54) is 0 Å². The molecule has 0 spiro atoms. The fourth-order valence-electron chi connectivity index (χ4n) is 1.30. The molecular formula is C11H10ClF3N2. The van der Waals surface area contributed by atoms with Crippen molar-refractivity contribution in [1.29, 1.82) is 5.26 Å². The van der Waals surface area contributed by atoms with E-state index in [0.29, 0.717) is 5.69 Å². The Kier molecular flexibility index (Phi) is 4.64. The lowest BCUT2D eigenvalue weighted by atomic mass is 10.2. The molecule has 1 aromatic rings. The molecule has 0 amide bonds. The second kappa shape index (κ2) is 5.78. The van der Waals surface area contributed by atoms with E-state index in [9.17, 15) is 13.2 Å². The number of rotatable bonds is 4. The lowest BCUT2D eigenvalue weighted by molar-refractivity contribution is -0.134. The Bertz CT molecular complexity index is 424. The van der Waals surface area contributed by atoms with Crippen LogP contribution < -0.4 is 5.32 Å². The number of anilines is 1. The minimum Gasteiger partial charge on any atom is -0.384 e. The van der Waals surface area contributed by atoms with Crippen molar-refractivity contribution in [2.45, 2.75) is 19.0 Å². The lowest BCUT2D eigenvalue weighted by Gasteiger charge is -2.10. The standard InChI is InChI=1S/C11H10ClF3N2/c12-9-3-1-4-10(8(9)7-16)17-6-2-5-11(13,14)15/h1,3-4,17H,2,5-6H2. The number of benzene rings is 1. The number of hydrogen-bond acceptors (Lipinski definition) is 2. The molecule has 0 aliphatic rings. The monoisotopic (exact) mass is 262 g/mol. The highest BCUT2D eigenvalue weighted by molar-refractivity contribution is 6.32. The summed E-state index contributed by atoms with van der Waals surface area (Å²) in [7, 11) is 0. The normalized spacial score (nSPS) is 11.0. The first-order valence-corrected chi connectivity index (χ1v) is 5.31. The van der Waals surface area contributed by atoms with Gasteiger partial charge < -0.3 is 5.32 Å². The molecule has 2 nitrogen and oxygen atoms in total. The van der Waals surface area contributed by atoms with Crippen molar-refractivity contribution in [3.8, 4) is 6.07 Å². The highest BCUT2D eigenvalue weighted by Crippen LogP contribution is 2.24. The number of nitriles is 1. The molecule has 0 saturated carbocycles. The molecule has 0 atom stereocenters. The molecule has 0 saturated heterocycles. The fraction of sp³-hybridized carbons (Fsp3) is 0.364. The van der Waals surface area contributed by atoms with Crippen LogP contribution in [0.5, 0.6) is 0 Å². The fourth-order valence-corrected chi connectivity index (χ4v) is 1.51. The molecule has 92 valence electrons. The maximum atomic E-state index is 11.9. The molecule has 0 radical (unpaired) electrons. The first-order valence-electron chi connectivity index (χ1n) is 4.93. The van der Waals surface area contributed by atoms with Crippen LogP contribution in [0.4, 0.5) is 18.9 Å². The van der Waals surface area contributed by atoms with Gasteiger partial charge in [0.15, 0.2) is 0 Å². The number of nitrogens with one attached hydrogen (secondary N) is 1. The van der Waals surface area contributed by atoms with Crippen LogP contribution in [0.2, 0.25) is 5.02 Å². The van der Waals surface area contributed by atoms with Crippen molar-refractivity contribution >= 4 is 17.3 Å². The molecule has 0 unspecified atom stereocenters. The molecule has 1 rings (SSSR count). The molecular weight excluding hydrogens is 253 g/mol. The van der Waals surface area contributed by atoms with E-state index in [4.69, 9.17) is 16.9 Å². The van der Waals surface area contributed by atoms with Crippen LogP contribution in [0.3, 0.4) is 0 Å². The molecule has 0 heterocycles. The van der Waals surface area contributed by atoms with Crippen LogP contribution in [0, 0.1) is 11.3 Å². The third-order valence-corrected chi connectivity index (χ3v) is 2.39. The zero-order valence-electron chi connectivity index (χ0n) is 8.81. The van der Waals surface area contributed by atoms with Gasteiger partial charge in [0, 0.05) is 13.0 Å². The minimum atomic E-state index is -4.14. The average Bonchev–Trinajstić information content (AvgIpc) is 2.23. The van der Waals surface area contributed by atoms with Crippen LogP contribution in [0.25, 0.3) is 0 Å². The second-order valence-corrected chi connectivity index (χ2v) is 3.83. The van der Waals surface area contributed by atoms with Gasteiger partial charge in [-0.1, -0.05) is 17.7 Å². The summed E-state index contributed by atoms with van der Waals surface area (Å²) in [6.45, 7) is 0.147. The van der Waals surface area contributed by atoms with Crippen molar-refractivity contribution in [2.75, 3.05) is 11.9 Å². The summed E-state index contributed by atoms with van der Waals surface area (Å²) in [5, 5.41) is 11.9. The lowest BCUT2D eigenvalue weighted by Crippen LogP contribution is -2.11. The summed E-state index contributed by atoms with van der Waals surface area (Å²) < 4.78 is 35.7. The summed E-state index contributed by atoms with van der Waals surface area (Å²) in [6, 6.07) is 6.70. The summed E-state index contributed by atoms with van der Waals surface area (Å²) >= 11 is 5.77. The maximum absolute atomic E-state index is 11.9. The van der Waals surface area contributed by atoms with Crippen LogP contribution in [-0.4, -0.2) is 12.7 Å². The first kappa shape index (κ1) is 13.7. The predicted molar refractivity (Wildman–Crippen MR) is 59.9 cm³/mol.